The van der Waals surface area contributed by atoms with Crippen LogP contribution in [0.5, 0.6) is 0 Å². The normalized spacial score (nSPS) is 27.4. The second kappa shape index (κ2) is 5.52. The van der Waals surface area contributed by atoms with Crippen LogP contribution in [-0.2, 0) is 11.4 Å². The molecule has 0 nitrogen and oxygen atoms in total. The molecule has 1 heteroatoms. The third-order valence-electron chi connectivity index (χ3n) is 4.16. The van der Waals surface area contributed by atoms with Crippen molar-refractivity contribution in [2.45, 2.75) is 51.9 Å². The van der Waals surface area contributed by atoms with Crippen molar-refractivity contribution in [3.05, 3.63) is 30.3 Å². The summed E-state index contributed by atoms with van der Waals surface area (Å²) in [5.74, 6) is 1.62. The van der Waals surface area contributed by atoms with E-state index in [-0.39, 0.29) is 0 Å². The molecule has 1 aliphatic carbocycles. The van der Waals surface area contributed by atoms with Gasteiger partial charge in [0, 0.05) is 24.5 Å². The summed E-state index contributed by atoms with van der Waals surface area (Å²) >= 11 is 2.01. The zero-order chi connectivity index (χ0) is 13.2. The van der Waals surface area contributed by atoms with Crippen LogP contribution in [0.15, 0.2) is 35.2 Å². The molecular weight excluding hydrogens is 236 g/mol. The largest absolute Gasteiger partial charge is 0.230 e. The first kappa shape index (κ1) is 13.7. The molecular formula is C17H25S+. The van der Waals surface area contributed by atoms with E-state index < -0.39 is 0 Å². The zero-order valence-electron chi connectivity index (χ0n) is 12.1. The van der Waals surface area contributed by atoms with Crippen LogP contribution >= 0.6 is 0 Å². The maximum atomic E-state index is 2.39. The molecule has 2 atom stereocenters. The Kier molecular flexibility index (Phi) is 4.21. The van der Waals surface area contributed by atoms with E-state index >= 15 is 0 Å². The second-order valence-corrected chi connectivity index (χ2v) is 7.83. The number of hydrogen-bond acceptors (Lipinski definition) is 0. The summed E-state index contributed by atoms with van der Waals surface area (Å²) in [6.07, 6.45) is 4.05. The fourth-order valence-corrected chi connectivity index (χ4v) is 3.88. The van der Waals surface area contributed by atoms with E-state index in [1.807, 2.05) is 11.4 Å². The monoisotopic (exact) mass is 261 g/mol. The first-order chi connectivity index (χ1) is 8.47. The van der Waals surface area contributed by atoms with E-state index in [2.05, 4.69) is 58.0 Å². The van der Waals surface area contributed by atoms with Crippen LogP contribution in [0.1, 0.15) is 47.0 Å². The summed E-state index contributed by atoms with van der Waals surface area (Å²) in [4.78, 5) is 3.08. The fraction of sp³-hybridized carbons (Fsp3) is 0.588. The predicted molar refractivity (Wildman–Crippen MR) is 83.0 cm³/mol. The molecule has 0 saturated heterocycles. The molecule has 98 valence electrons. The molecule has 0 amide bonds. The van der Waals surface area contributed by atoms with Crippen molar-refractivity contribution in [1.82, 2.24) is 0 Å². The maximum absolute atomic E-state index is 2.39. The van der Waals surface area contributed by atoms with Gasteiger partial charge in [-0.15, -0.1) is 0 Å². The molecule has 0 heterocycles. The molecule has 0 spiro atoms. The van der Waals surface area contributed by atoms with Gasteiger partial charge in [-0.05, 0) is 24.2 Å². The molecule has 1 saturated carbocycles. The van der Waals surface area contributed by atoms with Crippen molar-refractivity contribution in [2.75, 3.05) is 0 Å². The Balaban J connectivity index is 2.18. The molecule has 1 aromatic rings. The van der Waals surface area contributed by atoms with Gasteiger partial charge < -0.3 is 0 Å². The van der Waals surface area contributed by atoms with E-state index in [9.17, 15) is 0 Å². The van der Waals surface area contributed by atoms with Crippen LogP contribution in [0, 0.1) is 17.3 Å². The van der Waals surface area contributed by atoms with E-state index in [0.29, 0.717) is 5.41 Å². The minimum Gasteiger partial charge on any atom is -0.0619 e. The molecule has 0 unspecified atom stereocenters. The second-order valence-electron chi connectivity index (χ2n) is 6.63. The molecule has 18 heavy (non-hydrogen) atoms. The van der Waals surface area contributed by atoms with Crippen LogP contribution in [0.25, 0.3) is 0 Å². The number of benzene rings is 1. The third kappa shape index (κ3) is 3.41. The van der Waals surface area contributed by atoms with Crippen molar-refractivity contribution in [1.29, 1.82) is 0 Å². The highest BCUT2D eigenvalue weighted by atomic mass is 32.1. The maximum Gasteiger partial charge on any atom is 0.230 e. The summed E-state index contributed by atoms with van der Waals surface area (Å²) in [5.41, 5.74) is 0.447. The van der Waals surface area contributed by atoms with E-state index in [4.69, 9.17) is 0 Å². The molecule has 1 aromatic carbocycles. The smallest absolute Gasteiger partial charge is 0.0619 e. The summed E-state index contributed by atoms with van der Waals surface area (Å²) in [7, 11) is 0. The van der Waals surface area contributed by atoms with Gasteiger partial charge in [-0.25, -0.2) is 0 Å². The van der Waals surface area contributed by atoms with E-state index in [1.165, 1.54) is 24.2 Å². The van der Waals surface area contributed by atoms with Gasteiger partial charge in [-0.3, -0.25) is 0 Å². The van der Waals surface area contributed by atoms with Crippen molar-refractivity contribution in [3.63, 3.8) is 0 Å². The summed E-state index contributed by atoms with van der Waals surface area (Å²) in [5, 5.41) is 0. The van der Waals surface area contributed by atoms with E-state index in [1.54, 1.807) is 4.86 Å². The van der Waals surface area contributed by atoms with Gasteiger partial charge in [0.05, 0.1) is 0 Å². The Bertz CT molecular complexity index is 411. The Morgan fingerprint density at radius 2 is 1.72 bits per heavy atom. The van der Waals surface area contributed by atoms with Crippen LogP contribution in [-0.4, -0.2) is 4.86 Å². The Labute approximate surface area is 116 Å². The lowest BCUT2D eigenvalue weighted by Crippen LogP contribution is -2.31. The van der Waals surface area contributed by atoms with Crippen LogP contribution in [0.2, 0.25) is 0 Å². The van der Waals surface area contributed by atoms with Gasteiger partial charge in [0.2, 0.25) is 16.2 Å². The lowest BCUT2D eigenvalue weighted by molar-refractivity contribution is 0.211. The van der Waals surface area contributed by atoms with Crippen LogP contribution in [0.4, 0.5) is 0 Å². The minimum absolute atomic E-state index is 0.447. The highest BCUT2D eigenvalue weighted by Gasteiger charge is 2.35. The molecule has 0 bridgehead atoms. The van der Waals surface area contributed by atoms with Crippen molar-refractivity contribution >= 4 is 16.2 Å². The SMILES string of the molecule is C[C@H]1CC[C@H](C(C)(C)C)CC1=[S+]c1ccccc1. The molecule has 0 aromatic heterocycles. The van der Waals surface area contributed by atoms with Gasteiger partial charge in [0.25, 0.3) is 0 Å². The molecule has 0 N–H and O–H groups in total. The molecule has 1 aliphatic rings. The Morgan fingerprint density at radius 3 is 2.33 bits per heavy atom. The average molecular weight is 261 g/mol. The van der Waals surface area contributed by atoms with Crippen molar-refractivity contribution < 1.29 is 0 Å². The zero-order valence-corrected chi connectivity index (χ0v) is 12.9. The van der Waals surface area contributed by atoms with Gasteiger partial charge in [0.15, 0.2) is 4.86 Å². The molecule has 0 aliphatic heterocycles. The van der Waals surface area contributed by atoms with Gasteiger partial charge in [-0.2, -0.15) is 0 Å². The predicted octanol–water partition coefficient (Wildman–Crippen LogP) is 4.78. The third-order valence-corrected chi connectivity index (χ3v) is 5.50. The average Bonchev–Trinajstić information content (AvgIpc) is 2.32. The summed E-state index contributed by atoms with van der Waals surface area (Å²) in [6.45, 7) is 9.56. The van der Waals surface area contributed by atoms with Crippen molar-refractivity contribution in [3.8, 4) is 0 Å². The van der Waals surface area contributed by atoms with Gasteiger partial charge in [-0.1, -0.05) is 45.9 Å². The first-order valence-electron chi connectivity index (χ1n) is 7.05. The number of hydrogen-bond donors (Lipinski definition) is 0. The highest BCUT2D eigenvalue weighted by Crippen LogP contribution is 2.38. The fourth-order valence-electron chi connectivity index (χ4n) is 2.68. The minimum atomic E-state index is 0.447. The molecule has 1 fully saturated rings. The number of rotatable bonds is 1. The lowest BCUT2D eigenvalue weighted by Gasteiger charge is -2.34. The topological polar surface area (TPSA) is 0 Å². The van der Waals surface area contributed by atoms with Crippen LogP contribution < -0.4 is 0 Å². The Hall–Kier alpha value is -0.690. The van der Waals surface area contributed by atoms with Crippen molar-refractivity contribution in [2.24, 2.45) is 17.3 Å². The summed E-state index contributed by atoms with van der Waals surface area (Å²) < 4.78 is 0. The van der Waals surface area contributed by atoms with Gasteiger partial charge >= 0.3 is 0 Å². The van der Waals surface area contributed by atoms with E-state index in [0.717, 1.165) is 11.8 Å². The quantitative estimate of drug-likeness (QED) is 0.504. The first-order valence-corrected chi connectivity index (χ1v) is 7.87. The lowest BCUT2D eigenvalue weighted by atomic mass is 9.70. The summed E-state index contributed by atoms with van der Waals surface area (Å²) in [6, 6.07) is 10.8. The highest BCUT2D eigenvalue weighted by molar-refractivity contribution is 7.78. The van der Waals surface area contributed by atoms with Crippen LogP contribution in [0.3, 0.4) is 0 Å². The molecule has 2 rings (SSSR count). The van der Waals surface area contributed by atoms with Gasteiger partial charge in [0.1, 0.15) is 0 Å². The standard InChI is InChI=1S/C17H25S/c1-13-10-11-14(17(2,3)4)12-16(13)18-15-8-6-5-7-9-15/h5-9,13-14H,10-12H2,1-4H3/q+1/t13-,14-/m0/s1. The Morgan fingerprint density at radius 1 is 1.06 bits per heavy atom. The molecule has 0 radical (unpaired) electrons.